The molecule has 0 aliphatic carbocycles. The molecule has 24 heavy (non-hydrogen) atoms. The molecule has 1 aromatic heterocycles. The fourth-order valence-corrected chi connectivity index (χ4v) is 1.85. The number of hydrogen-bond acceptors (Lipinski definition) is 6. The zero-order valence-corrected chi connectivity index (χ0v) is 12.6. The van der Waals surface area contributed by atoms with Crippen LogP contribution in [0.5, 0.6) is 0 Å². The molecular weight excluding hydrogens is 316 g/mol. The van der Waals surface area contributed by atoms with Crippen LogP contribution in [0.25, 0.3) is 10.9 Å². The quantitative estimate of drug-likeness (QED) is 0.354. The van der Waals surface area contributed by atoms with E-state index in [1.807, 2.05) is 0 Å². The molecule has 0 bridgehead atoms. The van der Waals surface area contributed by atoms with E-state index in [4.69, 9.17) is 10.2 Å². The van der Waals surface area contributed by atoms with Crippen LogP contribution in [0.1, 0.15) is 13.3 Å². The van der Waals surface area contributed by atoms with Crippen molar-refractivity contribution in [1.29, 1.82) is 0 Å². The molecule has 0 aliphatic heterocycles. The number of amides is 1. The first-order valence-electron chi connectivity index (χ1n) is 6.90. The van der Waals surface area contributed by atoms with Gasteiger partial charge < -0.3 is 20.8 Å². The van der Waals surface area contributed by atoms with Crippen molar-refractivity contribution in [2.75, 3.05) is 10.6 Å². The van der Waals surface area contributed by atoms with Gasteiger partial charge in [0.25, 0.3) is 0 Å². The molecule has 0 radical (unpaired) electrons. The van der Waals surface area contributed by atoms with Crippen LogP contribution in [-0.2, 0) is 14.4 Å². The average molecular weight is 330 g/mol. The Morgan fingerprint density at radius 1 is 1.17 bits per heavy atom. The Hall–Kier alpha value is -3.49. The van der Waals surface area contributed by atoms with Gasteiger partial charge in [-0.3, -0.25) is 4.79 Å². The molecule has 2 aromatic rings. The average Bonchev–Trinajstić information content (AvgIpc) is 2.54. The van der Waals surface area contributed by atoms with Gasteiger partial charge in [-0.2, -0.15) is 0 Å². The number of anilines is 2. The number of benzene rings is 1. The number of aromatic nitrogens is 2. The summed E-state index contributed by atoms with van der Waals surface area (Å²) in [6.07, 6.45) is 2.41. The number of aliphatic carboxylic acids is 2. The lowest BCUT2D eigenvalue weighted by atomic mass is 10.2. The predicted molar refractivity (Wildman–Crippen MR) is 85.4 cm³/mol. The van der Waals surface area contributed by atoms with E-state index in [1.165, 1.54) is 6.33 Å². The monoisotopic (exact) mass is 330 g/mol. The summed E-state index contributed by atoms with van der Waals surface area (Å²) in [7, 11) is 0. The summed E-state index contributed by atoms with van der Waals surface area (Å²) < 4.78 is 0. The summed E-state index contributed by atoms with van der Waals surface area (Å²) in [5.41, 5.74) is 0.229. The van der Waals surface area contributed by atoms with E-state index in [1.54, 1.807) is 25.1 Å². The van der Waals surface area contributed by atoms with Gasteiger partial charge >= 0.3 is 11.9 Å². The molecule has 0 fully saturated rings. The number of carboxylic acids is 2. The van der Waals surface area contributed by atoms with E-state index in [0.29, 0.717) is 23.0 Å². The summed E-state index contributed by atoms with van der Waals surface area (Å²) in [4.78, 5) is 41.2. The number of hydrogen-bond donors (Lipinski definition) is 4. The normalized spacial score (nSPS) is 10.0. The molecule has 0 unspecified atom stereocenters. The maximum atomic E-state index is 11.5. The second-order valence-electron chi connectivity index (χ2n) is 4.67. The van der Waals surface area contributed by atoms with Crippen LogP contribution in [0.15, 0.2) is 36.3 Å². The van der Waals surface area contributed by atoms with Crippen molar-refractivity contribution in [1.82, 2.24) is 9.97 Å². The van der Waals surface area contributed by atoms with Gasteiger partial charge in [-0.25, -0.2) is 19.6 Å². The third-order valence-corrected chi connectivity index (χ3v) is 3.05. The smallest absolute Gasteiger partial charge is 0.344 e. The molecule has 0 spiro atoms. The van der Waals surface area contributed by atoms with Gasteiger partial charge in [0, 0.05) is 23.7 Å². The largest absolute Gasteiger partial charge is 0.477 e. The second kappa shape index (κ2) is 7.18. The predicted octanol–water partition coefficient (Wildman–Crippen LogP) is 1.44. The van der Waals surface area contributed by atoms with Crippen molar-refractivity contribution in [3.63, 3.8) is 0 Å². The molecule has 4 N–H and O–H groups in total. The Balaban J connectivity index is 2.41. The summed E-state index contributed by atoms with van der Waals surface area (Å²) in [6, 6.07) is 4.94. The molecule has 2 rings (SSSR count). The van der Waals surface area contributed by atoms with Gasteiger partial charge in [0.2, 0.25) is 5.91 Å². The first-order valence-corrected chi connectivity index (χ1v) is 6.90. The van der Waals surface area contributed by atoms with Crippen molar-refractivity contribution in [2.24, 2.45) is 0 Å². The Labute approximate surface area is 136 Å². The van der Waals surface area contributed by atoms with Crippen molar-refractivity contribution < 1.29 is 24.6 Å². The van der Waals surface area contributed by atoms with Gasteiger partial charge in [-0.15, -0.1) is 0 Å². The van der Waals surface area contributed by atoms with Crippen LogP contribution < -0.4 is 10.6 Å². The first kappa shape index (κ1) is 16.9. The number of rotatable bonds is 6. The lowest BCUT2D eigenvalue weighted by molar-refractivity contribution is -0.140. The fraction of sp³-hybridized carbons (Fsp3) is 0.133. The molecule has 9 nitrogen and oxygen atoms in total. The van der Waals surface area contributed by atoms with Crippen molar-refractivity contribution in [3.05, 3.63) is 36.3 Å². The van der Waals surface area contributed by atoms with E-state index in [9.17, 15) is 14.4 Å². The number of nitrogens with zero attached hydrogens (tertiary/aromatic N) is 2. The van der Waals surface area contributed by atoms with Crippen LogP contribution in [0.2, 0.25) is 0 Å². The van der Waals surface area contributed by atoms with E-state index >= 15 is 0 Å². The molecule has 0 saturated carbocycles. The van der Waals surface area contributed by atoms with E-state index < -0.39 is 17.5 Å². The van der Waals surface area contributed by atoms with E-state index in [0.717, 1.165) is 6.20 Å². The Kier molecular flexibility index (Phi) is 5.05. The summed E-state index contributed by atoms with van der Waals surface area (Å²) in [6.45, 7) is 1.72. The fourth-order valence-electron chi connectivity index (χ4n) is 1.85. The lowest BCUT2D eigenvalue weighted by Gasteiger charge is -2.08. The Morgan fingerprint density at radius 3 is 2.50 bits per heavy atom. The number of nitrogens with one attached hydrogen (secondary N) is 2. The van der Waals surface area contributed by atoms with Crippen LogP contribution in [0, 0.1) is 0 Å². The SMILES string of the molecule is CCC(=O)Nc1ccc2ncnc(NC=C(C(=O)O)C(=O)O)c2c1. The Bertz CT molecular complexity index is 831. The maximum Gasteiger partial charge on any atom is 0.344 e. The standard InChI is InChI=1S/C15H14N4O5/c1-2-12(20)19-8-3-4-11-9(5-8)13(18-7-17-11)16-6-10(14(21)22)15(23)24/h3-7H,2H2,1H3,(H,19,20)(H,21,22)(H,23,24)(H,16,17,18). The summed E-state index contributed by atoms with van der Waals surface area (Å²) >= 11 is 0. The third kappa shape index (κ3) is 3.83. The molecule has 1 heterocycles. The first-order chi connectivity index (χ1) is 11.4. The molecular formula is C15H14N4O5. The van der Waals surface area contributed by atoms with Crippen LogP contribution in [0.4, 0.5) is 11.5 Å². The molecule has 9 heteroatoms. The topological polar surface area (TPSA) is 142 Å². The molecule has 1 aromatic carbocycles. The number of carboxylic acid groups (broad SMARTS) is 2. The second-order valence-corrected chi connectivity index (χ2v) is 4.67. The highest BCUT2D eigenvalue weighted by atomic mass is 16.4. The van der Waals surface area contributed by atoms with Crippen LogP contribution in [0.3, 0.4) is 0 Å². The van der Waals surface area contributed by atoms with Gasteiger partial charge in [0.15, 0.2) is 5.57 Å². The Morgan fingerprint density at radius 2 is 1.88 bits per heavy atom. The minimum absolute atomic E-state index is 0.167. The molecule has 0 aliphatic rings. The van der Waals surface area contributed by atoms with Gasteiger partial charge in [0.05, 0.1) is 5.52 Å². The van der Waals surface area contributed by atoms with E-state index in [-0.39, 0.29) is 11.7 Å². The maximum absolute atomic E-state index is 11.5. The summed E-state index contributed by atoms with van der Waals surface area (Å²) in [5.74, 6) is -3.11. The van der Waals surface area contributed by atoms with Crippen molar-refractivity contribution >= 4 is 40.3 Å². The molecule has 0 saturated heterocycles. The lowest BCUT2D eigenvalue weighted by Crippen LogP contribution is -2.13. The van der Waals surface area contributed by atoms with Crippen molar-refractivity contribution in [3.8, 4) is 0 Å². The highest BCUT2D eigenvalue weighted by Gasteiger charge is 2.16. The number of carbonyl (C=O) groups is 3. The minimum atomic E-state index is -1.58. The number of carbonyl (C=O) groups excluding carboxylic acids is 1. The van der Waals surface area contributed by atoms with E-state index in [2.05, 4.69) is 20.6 Å². The minimum Gasteiger partial charge on any atom is -0.477 e. The van der Waals surface area contributed by atoms with Gasteiger partial charge in [-0.05, 0) is 18.2 Å². The van der Waals surface area contributed by atoms with Crippen LogP contribution in [-0.4, -0.2) is 38.0 Å². The third-order valence-electron chi connectivity index (χ3n) is 3.05. The van der Waals surface area contributed by atoms with Gasteiger partial charge in [-0.1, -0.05) is 6.92 Å². The van der Waals surface area contributed by atoms with Crippen LogP contribution >= 0.6 is 0 Å². The molecule has 1 amide bonds. The molecule has 0 atom stereocenters. The van der Waals surface area contributed by atoms with Crippen molar-refractivity contribution in [2.45, 2.75) is 13.3 Å². The summed E-state index contributed by atoms with van der Waals surface area (Å²) in [5, 5.41) is 23.4. The zero-order valence-electron chi connectivity index (χ0n) is 12.6. The highest BCUT2D eigenvalue weighted by molar-refractivity contribution is 6.12. The number of fused-ring (bicyclic) bond motifs is 1. The molecule has 124 valence electrons. The highest BCUT2D eigenvalue weighted by Crippen LogP contribution is 2.23. The van der Waals surface area contributed by atoms with Gasteiger partial charge in [0.1, 0.15) is 12.1 Å². The zero-order chi connectivity index (χ0) is 17.7.